The summed E-state index contributed by atoms with van der Waals surface area (Å²) in [5, 5.41) is 10.8. The average Bonchev–Trinajstić information content (AvgIpc) is 2.40. The van der Waals surface area contributed by atoms with Crippen LogP contribution in [-0.4, -0.2) is 9.13 Å². The van der Waals surface area contributed by atoms with E-state index in [1.807, 2.05) is 30.3 Å². The predicted molar refractivity (Wildman–Crippen MR) is 69.7 cm³/mol. The third-order valence-corrected chi connectivity index (χ3v) is 3.88. The number of hydrogen-bond donors (Lipinski definition) is 0. The smallest absolute Gasteiger partial charge is 0.258 e. The molecule has 0 bridgehead atoms. The summed E-state index contributed by atoms with van der Waals surface area (Å²) in [5.74, 6) is 0.283. The molecule has 0 aliphatic rings. The lowest BCUT2D eigenvalue weighted by atomic mass is 10.2. The molecule has 2 aromatic rings. The highest BCUT2D eigenvalue weighted by Gasteiger charge is 2.17. The molecule has 18 heavy (non-hydrogen) atoms. The molecule has 4 nitrogen and oxygen atoms in total. The summed E-state index contributed by atoms with van der Waals surface area (Å²) in [6.07, 6.45) is 0. The van der Waals surface area contributed by atoms with E-state index in [1.165, 1.54) is 12.1 Å². The summed E-state index contributed by atoms with van der Waals surface area (Å²) >= 11 is 0. The second-order valence-corrected chi connectivity index (χ2v) is 5.12. The molecule has 2 rings (SSSR count). The number of hydrogen-bond acceptors (Lipinski definition) is 3. The van der Waals surface area contributed by atoms with Crippen LogP contribution in [0.15, 0.2) is 59.5 Å². The lowest BCUT2D eigenvalue weighted by molar-refractivity contribution is -0.387. The van der Waals surface area contributed by atoms with E-state index in [0.29, 0.717) is 0 Å². The first-order valence-electron chi connectivity index (χ1n) is 5.34. The Balaban J connectivity index is 2.27. The zero-order valence-corrected chi connectivity index (χ0v) is 10.3. The van der Waals surface area contributed by atoms with Gasteiger partial charge in [-0.05, 0) is 11.6 Å². The van der Waals surface area contributed by atoms with Crippen LogP contribution in [0, 0.1) is 10.1 Å². The van der Waals surface area contributed by atoms with Crippen LogP contribution in [0.2, 0.25) is 0 Å². The third kappa shape index (κ3) is 2.81. The Labute approximate surface area is 107 Å². The van der Waals surface area contributed by atoms with Gasteiger partial charge in [0.05, 0.1) is 21.5 Å². The van der Waals surface area contributed by atoms with Gasteiger partial charge in [-0.15, -0.1) is 0 Å². The SMILES string of the molecule is O=[N+]([O-])c1ccccc1S(=O)Cc1ccccc1. The summed E-state index contributed by atoms with van der Waals surface area (Å²) in [7, 11) is -1.41. The van der Waals surface area contributed by atoms with Crippen molar-refractivity contribution in [3.05, 3.63) is 70.3 Å². The highest BCUT2D eigenvalue weighted by molar-refractivity contribution is 7.84. The average molecular weight is 261 g/mol. The first kappa shape index (κ1) is 12.4. The van der Waals surface area contributed by atoms with E-state index in [4.69, 9.17) is 0 Å². The summed E-state index contributed by atoms with van der Waals surface area (Å²) in [6, 6.07) is 15.4. The minimum absolute atomic E-state index is 0.0910. The third-order valence-electron chi connectivity index (χ3n) is 2.45. The number of nitro groups is 1. The molecule has 0 N–H and O–H groups in total. The largest absolute Gasteiger partial charge is 0.285 e. The number of para-hydroxylation sites is 1. The second kappa shape index (κ2) is 5.55. The zero-order chi connectivity index (χ0) is 13.0. The molecule has 0 saturated heterocycles. The standard InChI is InChI=1S/C13H11NO3S/c15-14(16)12-8-4-5-9-13(12)18(17)10-11-6-2-1-3-7-11/h1-9H,10H2. The van der Waals surface area contributed by atoms with E-state index in [9.17, 15) is 14.3 Å². The van der Waals surface area contributed by atoms with Gasteiger partial charge in [0.1, 0.15) is 4.90 Å². The van der Waals surface area contributed by atoms with Crippen molar-refractivity contribution in [3.63, 3.8) is 0 Å². The lowest BCUT2D eigenvalue weighted by Gasteiger charge is -2.03. The van der Waals surface area contributed by atoms with Crippen LogP contribution in [-0.2, 0) is 16.6 Å². The highest BCUT2D eigenvalue weighted by atomic mass is 32.2. The summed E-state index contributed by atoms with van der Waals surface area (Å²) in [5.41, 5.74) is 0.806. The van der Waals surface area contributed by atoms with Gasteiger partial charge in [0.2, 0.25) is 0 Å². The fourth-order valence-electron chi connectivity index (χ4n) is 1.60. The highest BCUT2D eigenvalue weighted by Crippen LogP contribution is 2.23. The van der Waals surface area contributed by atoms with Gasteiger partial charge in [-0.3, -0.25) is 14.3 Å². The number of nitro benzene ring substituents is 1. The van der Waals surface area contributed by atoms with E-state index < -0.39 is 15.7 Å². The molecule has 0 fully saturated rings. The molecule has 0 amide bonds. The van der Waals surface area contributed by atoms with Crippen molar-refractivity contribution in [1.82, 2.24) is 0 Å². The lowest BCUT2D eigenvalue weighted by Crippen LogP contribution is -2.00. The maximum atomic E-state index is 12.1. The molecule has 0 radical (unpaired) electrons. The molecule has 0 aliphatic carbocycles. The van der Waals surface area contributed by atoms with Gasteiger partial charge >= 0.3 is 0 Å². The molecule has 0 aromatic heterocycles. The Morgan fingerprint density at radius 2 is 1.61 bits per heavy atom. The van der Waals surface area contributed by atoms with Crippen molar-refractivity contribution in [2.45, 2.75) is 10.6 Å². The van der Waals surface area contributed by atoms with Crippen molar-refractivity contribution in [3.8, 4) is 0 Å². The van der Waals surface area contributed by atoms with Crippen molar-refractivity contribution in [2.24, 2.45) is 0 Å². The molecule has 92 valence electrons. The Kier molecular flexibility index (Phi) is 3.84. The van der Waals surface area contributed by atoms with Crippen LogP contribution in [0.3, 0.4) is 0 Å². The molecule has 5 heteroatoms. The first-order chi connectivity index (χ1) is 8.68. The van der Waals surface area contributed by atoms with Crippen LogP contribution >= 0.6 is 0 Å². The van der Waals surface area contributed by atoms with E-state index >= 15 is 0 Å². The summed E-state index contributed by atoms with van der Waals surface area (Å²) in [4.78, 5) is 10.6. The van der Waals surface area contributed by atoms with Gasteiger partial charge in [0.25, 0.3) is 5.69 Å². The Morgan fingerprint density at radius 1 is 1.00 bits per heavy atom. The minimum atomic E-state index is -1.41. The van der Waals surface area contributed by atoms with Crippen molar-refractivity contribution in [2.75, 3.05) is 0 Å². The fourth-order valence-corrected chi connectivity index (χ4v) is 2.86. The molecule has 1 unspecified atom stereocenters. The van der Waals surface area contributed by atoms with Gasteiger partial charge in [0.15, 0.2) is 0 Å². The molecule has 2 aromatic carbocycles. The normalized spacial score (nSPS) is 12.0. The van der Waals surface area contributed by atoms with E-state index in [0.717, 1.165) is 5.56 Å². The number of rotatable bonds is 4. The molecule has 1 atom stereocenters. The van der Waals surface area contributed by atoms with Gasteiger partial charge < -0.3 is 0 Å². The molecule has 0 spiro atoms. The van der Waals surface area contributed by atoms with Gasteiger partial charge in [-0.25, -0.2) is 0 Å². The van der Waals surface area contributed by atoms with Crippen LogP contribution in [0.25, 0.3) is 0 Å². The topological polar surface area (TPSA) is 60.2 Å². The minimum Gasteiger partial charge on any atom is -0.258 e. The van der Waals surface area contributed by atoms with Crippen molar-refractivity contribution >= 4 is 16.5 Å². The summed E-state index contributed by atoms with van der Waals surface area (Å²) in [6.45, 7) is 0. The number of benzene rings is 2. The van der Waals surface area contributed by atoms with Gasteiger partial charge in [-0.2, -0.15) is 0 Å². The van der Waals surface area contributed by atoms with Crippen molar-refractivity contribution in [1.29, 1.82) is 0 Å². The number of nitrogens with zero attached hydrogens (tertiary/aromatic N) is 1. The van der Waals surface area contributed by atoms with Gasteiger partial charge in [0, 0.05) is 6.07 Å². The molecular formula is C13H11NO3S. The first-order valence-corrected chi connectivity index (χ1v) is 6.66. The quantitative estimate of drug-likeness (QED) is 0.628. The van der Waals surface area contributed by atoms with E-state index in [-0.39, 0.29) is 16.3 Å². The maximum absolute atomic E-state index is 12.1. The van der Waals surface area contributed by atoms with Crippen LogP contribution < -0.4 is 0 Å². The molecule has 0 saturated carbocycles. The van der Waals surface area contributed by atoms with E-state index in [2.05, 4.69) is 0 Å². The Bertz CT molecular complexity index is 584. The molecule has 0 aliphatic heterocycles. The van der Waals surface area contributed by atoms with Crippen molar-refractivity contribution < 1.29 is 9.13 Å². The Hall–Kier alpha value is -2.01. The zero-order valence-electron chi connectivity index (χ0n) is 9.48. The molecular weight excluding hydrogens is 250 g/mol. The Morgan fingerprint density at radius 3 is 2.28 bits per heavy atom. The van der Waals surface area contributed by atoms with Gasteiger partial charge in [-0.1, -0.05) is 42.5 Å². The monoisotopic (exact) mass is 261 g/mol. The maximum Gasteiger partial charge on any atom is 0.285 e. The summed E-state index contributed by atoms with van der Waals surface area (Å²) < 4.78 is 12.1. The van der Waals surface area contributed by atoms with Crippen LogP contribution in [0.1, 0.15) is 5.56 Å². The second-order valence-electron chi connectivity index (χ2n) is 3.70. The van der Waals surface area contributed by atoms with Crippen LogP contribution in [0.5, 0.6) is 0 Å². The van der Waals surface area contributed by atoms with E-state index in [1.54, 1.807) is 12.1 Å². The predicted octanol–water partition coefficient (Wildman–Crippen LogP) is 2.90. The molecule has 0 heterocycles. The fraction of sp³-hybridized carbons (Fsp3) is 0.0769. The van der Waals surface area contributed by atoms with Crippen LogP contribution in [0.4, 0.5) is 5.69 Å².